The van der Waals surface area contributed by atoms with Gasteiger partial charge in [0.25, 0.3) is 5.91 Å². The van der Waals surface area contributed by atoms with Gasteiger partial charge >= 0.3 is 0 Å². The average molecular weight is 594 g/mol. The maximum atomic E-state index is 12.7. The number of pyridine rings is 1. The molecule has 4 aromatic rings. The van der Waals surface area contributed by atoms with E-state index in [1.807, 2.05) is 32.0 Å². The molecular weight excluding hydrogens is 558 g/mol. The van der Waals surface area contributed by atoms with Gasteiger partial charge in [0.2, 0.25) is 11.8 Å². The van der Waals surface area contributed by atoms with Crippen LogP contribution in [-0.4, -0.2) is 79.7 Å². The Labute approximate surface area is 256 Å². The molecule has 1 fully saturated rings. The van der Waals surface area contributed by atoms with Crippen molar-refractivity contribution in [1.29, 1.82) is 0 Å². The molecular formula is C32H35N9O3. The molecule has 0 saturated carbocycles. The molecule has 5 rings (SSSR count). The largest absolute Gasteiger partial charge is 0.481 e. The number of carbonyl (C=O) groups is 2. The van der Waals surface area contributed by atoms with Crippen LogP contribution in [0, 0.1) is 13.8 Å². The van der Waals surface area contributed by atoms with Crippen LogP contribution in [-0.2, 0) is 17.8 Å². The molecule has 44 heavy (non-hydrogen) atoms. The molecule has 226 valence electrons. The summed E-state index contributed by atoms with van der Waals surface area (Å²) < 4.78 is 5.25. The van der Waals surface area contributed by atoms with Crippen molar-refractivity contribution in [3.63, 3.8) is 0 Å². The summed E-state index contributed by atoms with van der Waals surface area (Å²) in [6.07, 6.45) is 9.58. The number of nitrogens with one attached hydrogen (secondary N) is 2. The number of carbonyl (C=O) groups excluding carboxylic acids is 2. The molecule has 0 bridgehead atoms. The number of aromatic nitrogens is 5. The van der Waals surface area contributed by atoms with Gasteiger partial charge in [-0.15, -0.1) is 0 Å². The molecule has 4 heterocycles. The number of nitrogens with zero attached hydrogens (tertiary/aromatic N) is 7. The lowest BCUT2D eigenvalue weighted by Crippen LogP contribution is -2.48. The van der Waals surface area contributed by atoms with Crippen molar-refractivity contribution >= 4 is 34.8 Å². The summed E-state index contributed by atoms with van der Waals surface area (Å²) in [4.78, 5) is 50.8. The molecule has 1 amide bonds. The van der Waals surface area contributed by atoms with Crippen molar-refractivity contribution in [2.45, 2.75) is 26.8 Å². The van der Waals surface area contributed by atoms with E-state index in [-0.39, 0.29) is 18.1 Å². The highest BCUT2D eigenvalue weighted by atomic mass is 16.5. The van der Waals surface area contributed by atoms with Crippen LogP contribution >= 0.6 is 0 Å². The van der Waals surface area contributed by atoms with Gasteiger partial charge in [-0.05, 0) is 42.7 Å². The van der Waals surface area contributed by atoms with E-state index in [0.29, 0.717) is 43.0 Å². The third-order valence-corrected chi connectivity index (χ3v) is 7.37. The zero-order valence-electron chi connectivity index (χ0n) is 25.1. The number of anilines is 4. The molecule has 0 radical (unpaired) electrons. The normalized spacial score (nSPS) is 13.3. The summed E-state index contributed by atoms with van der Waals surface area (Å²) in [7, 11) is 1.57. The van der Waals surface area contributed by atoms with E-state index in [2.05, 4.69) is 42.0 Å². The van der Waals surface area contributed by atoms with Gasteiger partial charge in [0.1, 0.15) is 11.5 Å². The van der Waals surface area contributed by atoms with Crippen molar-refractivity contribution < 1.29 is 14.3 Å². The fraction of sp³-hybridized carbons (Fsp3) is 0.281. The number of amides is 1. The molecule has 1 aliphatic rings. The molecule has 1 aliphatic heterocycles. The van der Waals surface area contributed by atoms with Gasteiger partial charge in [-0.1, -0.05) is 18.7 Å². The molecule has 3 aromatic heterocycles. The Morgan fingerprint density at radius 2 is 1.75 bits per heavy atom. The number of hydrogen-bond donors (Lipinski definition) is 2. The van der Waals surface area contributed by atoms with Gasteiger partial charge in [-0.2, -0.15) is 4.98 Å². The SMILES string of the molecule is C=CC(=O)Cc1cc(CN2CCN(C(=O)c3cnccn3)CC2)ccc1Nc1nc(Nc2cc(OC)ncc2C)ncc1C. The third-order valence-electron chi connectivity index (χ3n) is 7.37. The van der Waals surface area contributed by atoms with E-state index in [4.69, 9.17) is 9.72 Å². The highest BCUT2D eigenvalue weighted by Gasteiger charge is 2.23. The van der Waals surface area contributed by atoms with Crippen LogP contribution in [0.4, 0.5) is 23.1 Å². The topological polar surface area (TPSA) is 138 Å². The molecule has 0 aliphatic carbocycles. The zero-order chi connectivity index (χ0) is 31.1. The molecule has 1 aromatic carbocycles. The molecule has 2 N–H and O–H groups in total. The zero-order valence-corrected chi connectivity index (χ0v) is 25.1. The predicted molar refractivity (Wildman–Crippen MR) is 167 cm³/mol. The lowest BCUT2D eigenvalue weighted by atomic mass is 10.0. The molecule has 0 unspecified atom stereocenters. The van der Waals surface area contributed by atoms with Gasteiger partial charge in [-0.3, -0.25) is 19.5 Å². The van der Waals surface area contributed by atoms with Crippen molar-refractivity contribution in [3.05, 3.63) is 95.9 Å². The van der Waals surface area contributed by atoms with Crippen LogP contribution in [0.1, 0.15) is 32.7 Å². The summed E-state index contributed by atoms with van der Waals surface area (Å²) in [5.41, 5.74) is 5.59. The number of ketones is 1. The van der Waals surface area contributed by atoms with E-state index in [1.165, 1.54) is 18.5 Å². The number of methoxy groups -OCH3 is 1. The predicted octanol–water partition coefficient (Wildman–Crippen LogP) is 4.03. The highest BCUT2D eigenvalue weighted by molar-refractivity contribution is 5.92. The molecule has 0 spiro atoms. The number of hydrogen-bond acceptors (Lipinski definition) is 11. The second-order valence-electron chi connectivity index (χ2n) is 10.5. The van der Waals surface area contributed by atoms with Gasteiger partial charge < -0.3 is 20.3 Å². The Bertz CT molecular complexity index is 1650. The monoisotopic (exact) mass is 593 g/mol. The van der Waals surface area contributed by atoms with E-state index in [1.54, 1.807) is 36.7 Å². The summed E-state index contributed by atoms with van der Waals surface area (Å²) in [5.74, 6) is 1.33. The first-order chi connectivity index (χ1) is 21.3. The van der Waals surface area contributed by atoms with Crippen molar-refractivity contribution in [3.8, 4) is 5.88 Å². The standard InChI is InChI=1S/C32H35N9O3/c1-5-25(42)15-24-14-23(20-40-10-12-41(13-11-40)31(43)28-19-33-8-9-34-28)6-7-26(24)37-30-22(3)18-36-32(39-30)38-27-16-29(44-4)35-17-21(27)2/h5-9,14,16-19H,1,10-13,15,20H2,2-4H3,(H2,35,36,37,38,39). The Kier molecular flexibility index (Phi) is 9.50. The number of rotatable bonds is 11. The summed E-state index contributed by atoms with van der Waals surface area (Å²) >= 11 is 0. The lowest BCUT2D eigenvalue weighted by molar-refractivity contribution is -0.114. The van der Waals surface area contributed by atoms with Crippen LogP contribution < -0.4 is 15.4 Å². The fourth-order valence-electron chi connectivity index (χ4n) is 4.84. The van der Waals surface area contributed by atoms with Crippen LogP contribution in [0.15, 0.2) is 67.9 Å². The number of aryl methyl sites for hydroxylation is 2. The van der Waals surface area contributed by atoms with Gasteiger partial charge in [-0.25, -0.2) is 15.0 Å². The Morgan fingerprint density at radius 3 is 2.48 bits per heavy atom. The first-order valence-corrected chi connectivity index (χ1v) is 14.3. The van der Waals surface area contributed by atoms with Crippen molar-refractivity contribution in [1.82, 2.24) is 34.7 Å². The van der Waals surface area contributed by atoms with Gasteiger partial charge in [0.05, 0.1) is 19.0 Å². The van der Waals surface area contributed by atoms with E-state index < -0.39 is 0 Å². The Hall–Kier alpha value is -5.23. The smallest absolute Gasteiger partial charge is 0.274 e. The number of piperazine rings is 1. The molecule has 1 saturated heterocycles. The lowest BCUT2D eigenvalue weighted by Gasteiger charge is -2.34. The minimum absolute atomic E-state index is 0.0785. The van der Waals surface area contributed by atoms with Crippen molar-refractivity contribution in [2.75, 3.05) is 43.9 Å². The summed E-state index contributed by atoms with van der Waals surface area (Å²) in [6, 6.07) is 7.85. The van der Waals surface area contributed by atoms with Gasteiger partial charge in [0.15, 0.2) is 5.78 Å². The fourth-order valence-corrected chi connectivity index (χ4v) is 4.84. The van der Waals surface area contributed by atoms with Crippen molar-refractivity contribution in [2.24, 2.45) is 0 Å². The summed E-state index contributed by atoms with van der Waals surface area (Å²) in [6.45, 7) is 10.9. The minimum atomic E-state index is -0.104. The first kappa shape index (κ1) is 30.2. The Morgan fingerprint density at radius 1 is 0.955 bits per heavy atom. The number of benzene rings is 1. The Balaban J connectivity index is 1.30. The van der Waals surface area contributed by atoms with E-state index in [9.17, 15) is 9.59 Å². The number of ether oxygens (including phenoxy) is 1. The maximum Gasteiger partial charge on any atom is 0.274 e. The average Bonchev–Trinajstić information content (AvgIpc) is 3.05. The molecule has 0 atom stereocenters. The van der Waals surface area contributed by atoms with Crippen LogP contribution in [0.2, 0.25) is 0 Å². The second-order valence-corrected chi connectivity index (χ2v) is 10.5. The van der Waals surface area contributed by atoms with E-state index in [0.717, 1.165) is 46.7 Å². The summed E-state index contributed by atoms with van der Waals surface area (Å²) in [5, 5.41) is 6.66. The molecule has 12 nitrogen and oxygen atoms in total. The second kappa shape index (κ2) is 13.8. The highest BCUT2D eigenvalue weighted by Crippen LogP contribution is 2.27. The van der Waals surface area contributed by atoms with Crippen LogP contribution in [0.5, 0.6) is 5.88 Å². The third kappa shape index (κ3) is 7.39. The maximum absolute atomic E-state index is 12.7. The van der Waals surface area contributed by atoms with Crippen LogP contribution in [0.3, 0.4) is 0 Å². The van der Waals surface area contributed by atoms with Gasteiger partial charge in [0, 0.05) is 81.2 Å². The first-order valence-electron chi connectivity index (χ1n) is 14.3. The minimum Gasteiger partial charge on any atom is -0.481 e. The van der Waals surface area contributed by atoms with Crippen LogP contribution in [0.25, 0.3) is 0 Å². The quantitative estimate of drug-likeness (QED) is 0.244. The molecule has 12 heteroatoms. The van der Waals surface area contributed by atoms with E-state index >= 15 is 0 Å². The number of allylic oxidation sites excluding steroid dienone is 1.